The Morgan fingerprint density at radius 3 is 2.85 bits per heavy atom. The Labute approximate surface area is 122 Å². The molecule has 0 radical (unpaired) electrons. The molecular weight excluding hydrogens is 248 g/mol. The van der Waals surface area contributed by atoms with E-state index in [9.17, 15) is 0 Å². The zero-order chi connectivity index (χ0) is 14.1. The predicted octanol–water partition coefficient (Wildman–Crippen LogP) is 2.28. The van der Waals surface area contributed by atoms with E-state index in [1.54, 1.807) is 0 Å². The highest BCUT2D eigenvalue weighted by molar-refractivity contribution is 5.04. The van der Waals surface area contributed by atoms with Crippen molar-refractivity contribution in [2.24, 2.45) is 11.8 Å². The molecule has 20 heavy (non-hydrogen) atoms. The van der Waals surface area contributed by atoms with Crippen LogP contribution in [0.2, 0.25) is 0 Å². The van der Waals surface area contributed by atoms with Crippen molar-refractivity contribution in [2.45, 2.75) is 52.2 Å². The molecule has 3 heterocycles. The van der Waals surface area contributed by atoms with Crippen molar-refractivity contribution >= 4 is 0 Å². The van der Waals surface area contributed by atoms with Crippen LogP contribution in [0.1, 0.15) is 45.3 Å². The Morgan fingerprint density at radius 2 is 2.15 bits per heavy atom. The van der Waals surface area contributed by atoms with Gasteiger partial charge in [0.2, 0.25) is 0 Å². The second-order valence-corrected chi connectivity index (χ2v) is 6.51. The number of aromatic nitrogens is 2. The van der Waals surface area contributed by atoms with Gasteiger partial charge in [0.25, 0.3) is 0 Å². The molecule has 3 unspecified atom stereocenters. The van der Waals surface area contributed by atoms with Crippen LogP contribution in [0, 0.1) is 11.8 Å². The van der Waals surface area contributed by atoms with Crippen molar-refractivity contribution in [3.05, 3.63) is 18.0 Å². The molecule has 1 N–H and O–H groups in total. The molecule has 0 aliphatic carbocycles. The number of nitrogens with zero attached hydrogens (tertiary/aromatic N) is 3. The Morgan fingerprint density at radius 1 is 1.35 bits per heavy atom. The number of hydrogen-bond donors (Lipinski definition) is 1. The van der Waals surface area contributed by atoms with Crippen LogP contribution < -0.4 is 5.32 Å². The molecule has 0 saturated carbocycles. The molecule has 0 amide bonds. The molecule has 1 aromatic heterocycles. The van der Waals surface area contributed by atoms with Crippen molar-refractivity contribution in [1.82, 2.24) is 20.0 Å². The fourth-order valence-corrected chi connectivity index (χ4v) is 4.00. The highest BCUT2D eigenvalue weighted by Crippen LogP contribution is 2.33. The number of nitrogens with one attached hydrogen (secondary N) is 1. The summed E-state index contributed by atoms with van der Waals surface area (Å²) < 4.78 is 2.17. The lowest BCUT2D eigenvalue weighted by Gasteiger charge is -2.23. The molecule has 4 heteroatoms. The molecule has 1 aromatic rings. The summed E-state index contributed by atoms with van der Waals surface area (Å²) >= 11 is 0. The van der Waals surface area contributed by atoms with E-state index in [1.165, 1.54) is 25.3 Å². The van der Waals surface area contributed by atoms with Crippen LogP contribution in [0.25, 0.3) is 0 Å². The summed E-state index contributed by atoms with van der Waals surface area (Å²) in [6.45, 7) is 11.5. The average molecular weight is 276 g/mol. The SMILES string of the molecule is CCC(CC)n1ccc(CN2CC3CNCC3C2C)n1. The molecule has 4 nitrogen and oxygen atoms in total. The van der Waals surface area contributed by atoms with Crippen molar-refractivity contribution in [3.63, 3.8) is 0 Å². The van der Waals surface area contributed by atoms with Crippen LogP contribution in [-0.4, -0.2) is 40.4 Å². The number of rotatable bonds is 5. The van der Waals surface area contributed by atoms with Gasteiger partial charge < -0.3 is 5.32 Å². The van der Waals surface area contributed by atoms with Crippen molar-refractivity contribution in [1.29, 1.82) is 0 Å². The summed E-state index contributed by atoms with van der Waals surface area (Å²) in [4.78, 5) is 2.62. The minimum Gasteiger partial charge on any atom is -0.316 e. The Hall–Kier alpha value is -0.870. The van der Waals surface area contributed by atoms with E-state index in [4.69, 9.17) is 5.10 Å². The molecule has 0 spiro atoms. The van der Waals surface area contributed by atoms with Gasteiger partial charge in [-0.25, -0.2) is 0 Å². The normalized spacial score (nSPS) is 30.3. The maximum Gasteiger partial charge on any atom is 0.0765 e. The predicted molar refractivity (Wildman–Crippen MR) is 81.6 cm³/mol. The monoisotopic (exact) mass is 276 g/mol. The third-order valence-electron chi connectivity index (χ3n) is 5.40. The first-order chi connectivity index (χ1) is 9.72. The zero-order valence-corrected chi connectivity index (χ0v) is 13.0. The Kier molecular flexibility index (Phi) is 4.13. The zero-order valence-electron chi connectivity index (χ0n) is 13.0. The number of fused-ring (bicyclic) bond motifs is 1. The van der Waals surface area contributed by atoms with E-state index < -0.39 is 0 Å². The quantitative estimate of drug-likeness (QED) is 0.895. The van der Waals surface area contributed by atoms with Crippen molar-refractivity contribution in [2.75, 3.05) is 19.6 Å². The second-order valence-electron chi connectivity index (χ2n) is 6.51. The van der Waals surface area contributed by atoms with Gasteiger partial charge in [0.1, 0.15) is 0 Å². The molecule has 2 aliphatic rings. The highest BCUT2D eigenvalue weighted by atomic mass is 15.3. The molecule has 3 atom stereocenters. The minimum absolute atomic E-state index is 0.559. The van der Waals surface area contributed by atoms with Crippen LogP contribution >= 0.6 is 0 Å². The summed E-state index contributed by atoms with van der Waals surface area (Å²) in [6, 6.07) is 3.45. The van der Waals surface area contributed by atoms with Gasteiger partial charge in [-0.15, -0.1) is 0 Å². The summed E-state index contributed by atoms with van der Waals surface area (Å²) in [5, 5.41) is 8.33. The fraction of sp³-hybridized carbons (Fsp3) is 0.812. The first-order valence-corrected chi connectivity index (χ1v) is 8.21. The van der Waals surface area contributed by atoms with E-state index in [0.29, 0.717) is 12.1 Å². The largest absolute Gasteiger partial charge is 0.316 e. The topological polar surface area (TPSA) is 33.1 Å². The van der Waals surface area contributed by atoms with Crippen LogP contribution in [0.3, 0.4) is 0 Å². The molecule has 3 rings (SSSR count). The van der Waals surface area contributed by atoms with Gasteiger partial charge in [-0.2, -0.15) is 5.10 Å². The Balaban J connectivity index is 1.64. The third-order valence-corrected chi connectivity index (χ3v) is 5.40. The van der Waals surface area contributed by atoms with Gasteiger partial charge in [0.05, 0.1) is 11.7 Å². The average Bonchev–Trinajstić information content (AvgIpc) is 3.13. The molecule has 2 fully saturated rings. The lowest BCUT2D eigenvalue weighted by Crippen LogP contribution is -2.32. The van der Waals surface area contributed by atoms with E-state index in [2.05, 4.69) is 47.9 Å². The van der Waals surface area contributed by atoms with Crippen molar-refractivity contribution < 1.29 is 0 Å². The molecular formula is C16H28N4. The summed E-state index contributed by atoms with van der Waals surface area (Å²) in [5.41, 5.74) is 1.23. The van der Waals surface area contributed by atoms with Crippen LogP contribution in [0.15, 0.2) is 12.3 Å². The van der Waals surface area contributed by atoms with Gasteiger partial charge >= 0.3 is 0 Å². The third kappa shape index (κ3) is 2.51. The van der Waals surface area contributed by atoms with E-state index >= 15 is 0 Å². The summed E-state index contributed by atoms with van der Waals surface area (Å²) in [6.07, 6.45) is 4.48. The minimum atomic E-state index is 0.559. The molecule has 2 aliphatic heterocycles. The van der Waals surface area contributed by atoms with Crippen molar-refractivity contribution in [3.8, 4) is 0 Å². The first-order valence-electron chi connectivity index (χ1n) is 8.21. The second kappa shape index (κ2) is 5.86. The van der Waals surface area contributed by atoms with Crippen LogP contribution in [0.5, 0.6) is 0 Å². The lowest BCUT2D eigenvalue weighted by molar-refractivity contribution is 0.227. The highest BCUT2D eigenvalue weighted by Gasteiger charge is 2.41. The standard InChI is InChI=1S/C16H28N4/c1-4-15(5-2)20-7-6-14(18-20)11-19-10-13-8-17-9-16(13)12(19)3/h6-7,12-13,15-17H,4-5,8-11H2,1-3H3. The molecule has 0 aromatic carbocycles. The summed E-state index contributed by atoms with van der Waals surface area (Å²) in [7, 11) is 0. The van der Waals surface area contributed by atoms with Gasteiger partial charge in [0, 0.05) is 25.3 Å². The van der Waals surface area contributed by atoms with Gasteiger partial charge in [-0.05, 0) is 50.8 Å². The molecule has 2 saturated heterocycles. The first kappa shape index (κ1) is 14.1. The van der Waals surface area contributed by atoms with E-state index in [0.717, 1.165) is 31.2 Å². The van der Waals surface area contributed by atoms with E-state index in [-0.39, 0.29) is 0 Å². The van der Waals surface area contributed by atoms with Crippen LogP contribution in [0.4, 0.5) is 0 Å². The van der Waals surface area contributed by atoms with Gasteiger partial charge in [-0.1, -0.05) is 13.8 Å². The molecule has 0 bridgehead atoms. The van der Waals surface area contributed by atoms with Crippen LogP contribution in [-0.2, 0) is 6.54 Å². The summed E-state index contributed by atoms with van der Waals surface area (Å²) in [5.74, 6) is 1.70. The lowest BCUT2D eigenvalue weighted by atomic mass is 9.95. The van der Waals surface area contributed by atoms with Gasteiger partial charge in [0.15, 0.2) is 0 Å². The fourth-order valence-electron chi connectivity index (χ4n) is 4.00. The molecule has 112 valence electrons. The van der Waals surface area contributed by atoms with E-state index in [1.807, 2.05) is 0 Å². The van der Waals surface area contributed by atoms with Gasteiger partial charge in [-0.3, -0.25) is 9.58 Å². The Bertz CT molecular complexity index is 437. The smallest absolute Gasteiger partial charge is 0.0765 e. The number of hydrogen-bond acceptors (Lipinski definition) is 3. The maximum absolute atomic E-state index is 4.80. The number of likely N-dealkylation sites (tertiary alicyclic amines) is 1. The maximum atomic E-state index is 4.80.